The standard InChI is InChI=1S/C12H26N2O3/c1-6-10(8-15)14-9(2)7-13-11(16)17-12(3,4)5/h9-10,14-15H,6-8H2,1-5H3,(H,13,16). The summed E-state index contributed by atoms with van der Waals surface area (Å²) in [7, 11) is 0. The van der Waals surface area contributed by atoms with Crippen molar-refractivity contribution in [3.8, 4) is 0 Å². The molecule has 0 heterocycles. The number of aliphatic hydroxyl groups is 1. The number of ether oxygens (including phenoxy) is 1. The third-order valence-corrected chi connectivity index (χ3v) is 2.18. The van der Waals surface area contributed by atoms with Gasteiger partial charge >= 0.3 is 6.09 Å². The van der Waals surface area contributed by atoms with E-state index in [-0.39, 0.29) is 18.7 Å². The fourth-order valence-corrected chi connectivity index (χ4v) is 1.31. The molecule has 0 radical (unpaired) electrons. The zero-order valence-electron chi connectivity index (χ0n) is 11.5. The van der Waals surface area contributed by atoms with Gasteiger partial charge in [0.1, 0.15) is 5.60 Å². The van der Waals surface area contributed by atoms with Crippen molar-refractivity contribution in [3.63, 3.8) is 0 Å². The molecule has 3 N–H and O–H groups in total. The smallest absolute Gasteiger partial charge is 0.407 e. The maximum atomic E-state index is 11.4. The molecule has 102 valence electrons. The molecule has 0 aromatic carbocycles. The van der Waals surface area contributed by atoms with E-state index >= 15 is 0 Å². The number of hydrogen-bond donors (Lipinski definition) is 3. The topological polar surface area (TPSA) is 70.6 Å². The second-order valence-corrected chi connectivity index (χ2v) is 5.24. The van der Waals surface area contributed by atoms with Crippen LogP contribution in [0, 0.1) is 0 Å². The number of aliphatic hydroxyl groups excluding tert-OH is 1. The second-order valence-electron chi connectivity index (χ2n) is 5.24. The summed E-state index contributed by atoms with van der Waals surface area (Å²) in [6.45, 7) is 10.0. The van der Waals surface area contributed by atoms with Gasteiger partial charge in [-0.2, -0.15) is 0 Å². The Morgan fingerprint density at radius 2 is 2.00 bits per heavy atom. The Morgan fingerprint density at radius 1 is 1.41 bits per heavy atom. The molecular weight excluding hydrogens is 220 g/mol. The van der Waals surface area contributed by atoms with Gasteiger partial charge in [-0.25, -0.2) is 4.79 Å². The highest BCUT2D eigenvalue weighted by Crippen LogP contribution is 2.06. The minimum atomic E-state index is -0.474. The number of amides is 1. The van der Waals surface area contributed by atoms with Gasteiger partial charge in [0, 0.05) is 18.6 Å². The van der Waals surface area contributed by atoms with Crippen LogP contribution in [-0.2, 0) is 4.74 Å². The van der Waals surface area contributed by atoms with Gasteiger partial charge in [0.05, 0.1) is 6.61 Å². The molecule has 0 aromatic heterocycles. The number of alkyl carbamates (subject to hydrolysis) is 1. The van der Waals surface area contributed by atoms with Crippen molar-refractivity contribution in [2.75, 3.05) is 13.2 Å². The number of nitrogens with one attached hydrogen (secondary N) is 2. The largest absolute Gasteiger partial charge is 0.444 e. The van der Waals surface area contributed by atoms with Gasteiger partial charge in [0.25, 0.3) is 0 Å². The van der Waals surface area contributed by atoms with E-state index in [0.29, 0.717) is 6.54 Å². The van der Waals surface area contributed by atoms with E-state index in [1.165, 1.54) is 0 Å². The number of carbonyl (C=O) groups excluding carboxylic acids is 1. The van der Waals surface area contributed by atoms with Crippen molar-refractivity contribution >= 4 is 6.09 Å². The molecule has 0 rings (SSSR count). The van der Waals surface area contributed by atoms with Crippen LogP contribution >= 0.6 is 0 Å². The average molecular weight is 246 g/mol. The van der Waals surface area contributed by atoms with E-state index in [2.05, 4.69) is 10.6 Å². The Hall–Kier alpha value is -0.810. The summed E-state index contributed by atoms with van der Waals surface area (Å²) in [6, 6.07) is 0.171. The number of hydrogen-bond acceptors (Lipinski definition) is 4. The van der Waals surface area contributed by atoms with Gasteiger partial charge in [-0.15, -0.1) is 0 Å². The first kappa shape index (κ1) is 16.2. The SMILES string of the molecule is CCC(CO)NC(C)CNC(=O)OC(C)(C)C. The van der Waals surface area contributed by atoms with Crippen molar-refractivity contribution in [2.45, 2.75) is 58.7 Å². The predicted octanol–water partition coefficient (Wildman–Crippen LogP) is 1.26. The van der Waals surface area contributed by atoms with Gasteiger partial charge in [0.15, 0.2) is 0 Å². The fraction of sp³-hybridized carbons (Fsp3) is 0.917. The summed E-state index contributed by atoms with van der Waals surface area (Å²) in [5.41, 5.74) is -0.474. The van der Waals surface area contributed by atoms with E-state index in [9.17, 15) is 4.79 Å². The van der Waals surface area contributed by atoms with Crippen LogP contribution < -0.4 is 10.6 Å². The van der Waals surface area contributed by atoms with E-state index in [1.54, 1.807) is 0 Å². The molecule has 2 atom stereocenters. The molecule has 0 saturated heterocycles. The zero-order chi connectivity index (χ0) is 13.5. The lowest BCUT2D eigenvalue weighted by molar-refractivity contribution is 0.0522. The molecule has 0 aliphatic rings. The predicted molar refractivity (Wildman–Crippen MR) is 68.0 cm³/mol. The molecule has 5 nitrogen and oxygen atoms in total. The Labute approximate surface area is 104 Å². The van der Waals surface area contributed by atoms with Crippen molar-refractivity contribution in [2.24, 2.45) is 0 Å². The third kappa shape index (κ3) is 8.94. The van der Waals surface area contributed by atoms with Crippen molar-refractivity contribution in [1.82, 2.24) is 10.6 Å². The quantitative estimate of drug-likeness (QED) is 0.660. The van der Waals surface area contributed by atoms with Gasteiger partial charge < -0.3 is 20.5 Å². The molecule has 0 aliphatic heterocycles. The molecule has 2 unspecified atom stereocenters. The summed E-state index contributed by atoms with van der Waals surface area (Å²) >= 11 is 0. The summed E-state index contributed by atoms with van der Waals surface area (Å²) in [5, 5.41) is 14.9. The van der Waals surface area contributed by atoms with Crippen LogP contribution in [0.4, 0.5) is 4.79 Å². The normalized spacial score (nSPS) is 15.2. The highest BCUT2D eigenvalue weighted by Gasteiger charge is 2.16. The molecule has 0 bridgehead atoms. The van der Waals surface area contributed by atoms with E-state index in [4.69, 9.17) is 9.84 Å². The highest BCUT2D eigenvalue weighted by atomic mass is 16.6. The summed E-state index contributed by atoms with van der Waals surface area (Å²) in [6.07, 6.45) is 0.441. The molecule has 5 heteroatoms. The summed E-state index contributed by atoms with van der Waals surface area (Å²) in [5.74, 6) is 0. The lowest BCUT2D eigenvalue weighted by atomic mass is 10.2. The van der Waals surface area contributed by atoms with Crippen LogP contribution in [-0.4, -0.2) is 42.0 Å². The molecular formula is C12H26N2O3. The minimum Gasteiger partial charge on any atom is -0.444 e. The van der Waals surface area contributed by atoms with E-state index < -0.39 is 11.7 Å². The molecule has 0 fully saturated rings. The van der Waals surface area contributed by atoms with E-state index in [1.807, 2.05) is 34.6 Å². The molecule has 1 amide bonds. The molecule has 0 saturated carbocycles. The third-order valence-electron chi connectivity index (χ3n) is 2.18. The molecule has 0 spiro atoms. The average Bonchev–Trinajstić information content (AvgIpc) is 2.20. The maximum absolute atomic E-state index is 11.4. The van der Waals surface area contributed by atoms with Crippen molar-refractivity contribution < 1.29 is 14.6 Å². The summed E-state index contributed by atoms with van der Waals surface area (Å²) in [4.78, 5) is 11.4. The van der Waals surface area contributed by atoms with Crippen LogP contribution in [0.1, 0.15) is 41.0 Å². The molecule has 0 aliphatic carbocycles. The maximum Gasteiger partial charge on any atom is 0.407 e. The van der Waals surface area contributed by atoms with E-state index in [0.717, 1.165) is 6.42 Å². The Bertz CT molecular complexity index is 222. The van der Waals surface area contributed by atoms with Gasteiger partial charge in [-0.3, -0.25) is 0 Å². The zero-order valence-corrected chi connectivity index (χ0v) is 11.5. The Balaban J connectivity index is 3.84. The van der Waals surface area contributed by atoms with Crippen LogP contribution in [0.25, 0.3) is 0 Å². The minimum absolute atomic E-state index is 0.0745. The van der Waals surface area contributed by atoms with Crippen molar-refractivity contribution in [3.05, 3.63) is 0 Å². The lowest BCUT2D eigenvalue weighted by Gasteiger charge is -2.23. The van der Waals surface area contributed by atoms with Gasteiger partial charge in [-0.1, -0.05) is 6.92 Å². The summed E-state index contributed by atoms with van der Waals surface area (Å²) < 4.78 is 5.12. The fourth-order valence-electron chi connectivity index (χ4n) is 1.31. The van der Waals surface area contributed by atoms with Gasteiger partial charge in [0.2, 0.25) is 0 Å². The van der Waals surface area contributed by atoms with Crippen LogP contribution in [0.3, 0.4) is 0 Å². The highest BCUT2D eigenvalue weighted by molar-refractivity contribution is 5.67. The van der Waals surface area contributed by atoms with Crippen LogP contribution in [0.2, 0.25) is 0 Å². The van der Waals surface area contributed by atoms with Crippen molar-refractivity contribution in [1.29, 1.82) is 0 Å². The molecule has 0 aromatic rings. The Morgan fingerprint density at radius 3 is 2.41 bits per heavy atom. The monoisotopic (exact) mass is 246 g/mol. The first-order valence-corrected chi connectivity index (χ1v) is 6.12. The molecule has 17 heavy (non-hydrogen) atoms. The van der Waals surface area contributed by atoms with Crippen LogP contribution in [0.15, 0.2) is 0 Å². The number of carbonyl (C=O) groups is 1. The lowest BCUT2D eigenvalue weighted by Crippen LogP contribution is -2.45. The number of rotatable bonds is 6. The van der Waals surface area contributed by atoms with Gasteiger partial charge in [-0.05, 0) is 34.1 Å². The first-order valence-electron chi connectivity index (χ1n) is 6.12. The first-order chi connectivity index (χ1) is 7.78. The van der Waals surface area contributed by atoms with Crippen LogP contribution in [0.5, 0.6) is 0 Å². The Kier molecular flexibility index (Phi) is 7.15. The second kappa shape index (κ2) is 7.50.